The van der Waals surface area contributed by atoms with Gasteiger partial charge >= 0.3 is 0 Å². The Bertz CT molecular complexity index is 1060. The van der Waals surface area contributed by atoms with Crippen LogP contribution in [0.4, 0.5) is 0 Å². The molecule has 4 saturated carbocycles. The zero-order valence-corrected chi connectivity index (χ0v) is 23.4. The van der Waals surface area contributed by atoms with E-state index in [1.165, 1.54) is 62.8 Å². The van der Waals surface area contributed by atoms with Gasteiger partial charge in [-0.05, 0) is 109 Å². The van der Waals surface area contributed by atoms with Crippen LogP contribution in [0, 0.1) is 50.7 Å². The van der Waals surface area contributed by atoms with E-state index >= 15 is 0 Å². The third-order valence-electron chi connectivity index (χ3n) is 14.2. The highest BCUT2D eigenvalue weighted by atomic mass is 16.5. The molecule has 192 valence electrons. The summed E-state index contributed by atoms with van der Waals surface area (Å²) in [6, 6.07) is 0. The third kappa shape index (κ3) is 2.58. The number of rotatable bonds is 0. The van der Waals surface area contributed by atoms with Crippen molar-refractivity contribution in [3.8, 4) is 0 Å². The summed E-state index contributed by atoms with van der Waals surface area (Å²) < 4.78 is 6.75. The van der Waals surface area contributed by atoms with Crippen molar-refractivity contribution < 1.29 is 4.74 Å². The van der Waals surface area contributed by atoms with E-state index in [4.69, 9.17) is 14.7 Å². The van der Waals surface area contributed by atoms with Crippen LogP contribution in [0.3, 0.4) is 0 Å². The topological polar surface area (TPSA) is 35.0 Å². The lowest BCUT2D eigenvalue weighted by molar-refractivity contribution is -0.233. The van der Waals surface area contributed by atoms with Crippen molar-refractivity contribution in [2.24, 2.45) is 50.7 Å². The van der Waals surface area contributed by atoms with Gasteiger partial charge < -0.3 is 4.74 Å². The van der Waals surface area contributed by atoms with Gasteiger partial charge in [-0.15, -0.1) is 0 Å². The molecule has 7 rings (SSSR count). The van der Waals surface area contributed by atoms with Crippen LogP contribution in [0.2, 0.25) is 0 Å². The van der Waals surface area contributed by atoms with Crippen LogP contribution in [0.25, 0.3) is 0 Å². The van der Waals surface area contributed by atoms with E-state index < -0.39 is 0 Å². The number of aromatic nitrogens is 2. The second-order valence-electron chi connectivity index (χ2n) is 16.0. The molecule has 0 unspecified atom stereocenters. The predicted molar refractivity (Wildman–Crippen MR) is 140 cm³/mol. The summed E-state index contributed by atoms with van der Waals surface area (Å²) in [6.07, 6.45) is 16.6. The smallest absolute Gasteiger partial charge is 0.0678 e. The van der Waals surface area contributed by atoms with Crippen LogP contribution in [-0.4, -0.2) is 22.7 Å². The Morgan fingerprint density at radius 2 is 1.51 bits per heavy atom. The van der Waals surface area contributed by atoms with E-state index in [1.807, 2.05) is 12.4 Å². The molecule has 9 atom stereocenters. The number of nitrogens with zero attached hydrogens (tertiary/aromatic N) is 2. The van der Waals surface area contributed by atoms with Crippen LogP contribution in [-0.2, 0) is 16.6 Å². The quantitative estimate of drug-likeness (QED) is 0.392. The number of hydrogen-bond acceptors (Lipinski definition) is 3. The Morgan fingerprint density at radius 1 is 0.771 bits per heavy atom. The molecule has 2 heterocycles. The van der Waals surface area contributed by atoms with Gasteiger partial charge in [0.25, 0.3) is 0 Å². The Labute approximate surface area is 213 Å². The molecular formula is C32H48N2O. The highest BCUT2D eigenvalue weighted by Gasteiger charge is 2.72. The van der Waals surface area contributed by atoms with Crippen LogP contribution in [0.5, 0.6) is 0 Å². The van der Waals surface area contributed by atoms with E-state index in [1.54, 1.807) is 0 Å². The molecule has 5 aliphatic carbocycles. The first-order valence-corrected chi connectivity index (χ1v) is 14.8. The molecule has 0 aromatic carbocycles. The van der Waals surface area contributed by atoms with E-state index in [0.29, 0.717) is 39.1 Å². The van der Waals surface area contributed by atoms with Gasteiger partial charge in [-0.25, -0.2) is 0 Å². The highest BCUT2D eigenvalue weighted by molar-refractivity contribution is 5.32. The van der Waals surface area contributed by atoms with Gasteiger partial charge in [0.05, 0.1) is 24.1 Å². The lowest BCUT2D eigenvalue weighted by atomic mass is 9.31. The first-order chi connectivity index (χ1) is 16.4. The Kier molecular flexibility index (Phi) is 4.45. The summed E-state index contributed by atoms with van der Waals surface area (Å²) in [6.45, 7) is 19.2. The number of hydrogen-bond donors (Lipinski definition) is 0. The molecule has 5 fully saturated rings. The molecule has 2 bridgehead atoms. The third-order valence-corrected chi connectivity index (χ3v) is 14.2. The Morgan fingerprint density at radius 3 is 2.31 bits per heavy atom. The van der Waals surface area contributed by atoms with Crippen molar-refractivity contribution >= 4 is 0 Å². The fraction of sp³-hybridized carbons (Fsp3) is 0.875. The molecule has 35 heavy (non-hydrogen) atoms. The summed E-state index contributed by atoms with van der Waals surface area (Å²) >= 11 is 0. The van der Waals surface area contributed by atoms with Gasteiger partial charge in [-0.1, -0.05) is 48.5 Å². The number of fused-ring (bicyclic) bond motifs is 6. The fourth-order valence-corrected chi connectivity index (χ4v) is 12.3. The van der Waals surface area contributed by atoms with Crippen LogP contribution in [0.1, 0.15) is 111 Å². The van der Waals surface area contributed by atoms with Crippen molar-refractivity contribution in [2.45, 2.75) is 118 Å². The predicted octanol–water partition coefficient (Wildman–Crippen LogP) is 7.38. The molecule has 1 aromatic rings. The second kappa shape index (κ2) is 6.72. The van der Waals surface area contributed by atoms with Crippen molar-refractivity contribution in [1.29, 1.82) is 0 Å². The van der Waals surface area contributed by atoms with Crippen LogP contribution < -0.4 is 0 Å². The lowest BCUT2D eigenvalue weighted by Crippen LogP contribution is -2.67. The minimum Gasteiger partial charge on any atom is -0.377 e. The second-order valence-corrected chi connectivity index (χ2v) is 16.0. The molecule has 0 radical (unpaired) electrons. The standard InChI is InChI=1S/C32H48N2O/c1-27(2)12-14-32-15-13-30(6)20(24(32)26(27)35-19-32)8-9-23-29(5)18-21-25(34-17-16-33-21)28(3,4)22(29)10-11-31(23,30)7/h16-17,20,22-24,26H,8-15,18-19H2,1-7H3/t20-,22+,23-,24+,26-,29+,30-,31-,32-/m1/s1. The minimum atomic E-state index is 0.104. The van der Waals surface area contributed by atoms with Gasteiger partial charge in [-0.3, -0.25) is 9.97 Å². The lowest BCUT2D eigenvalue weighted by Gasteiger charge is -2.72. The molecule has 1 aromatic heterocycles. The van der Waals surface area contributed by atoms with Crippen molar-refractivity contribution in [3.63, 3.8) is 0 Å². The average molecular weight is 477 g/mol. The summed E-state index contributed by atoms with van der Waals surface area (Å²) in [5, 5.41) is 0. The monoisotopic (exact) mass is 476 g/mol. The SMILES string of the molecule is CC1(C)CC[C@]23CC[C@]4(C)[C@H](CC[C@@H]5[C@@]6(C)Cc7nccnc7C(C)(C)[C@@H]6CC[C@]54C)[C@H]2[C@H]1OC3. The average Bonchev–Trinajstić information content (AvgIpc) is 3.13. The normalized spacial score (nSPS) is 52.9. The largest absolute Gasteiger partial charge is 0.377 e. The summed E-state index contributed by atoms with van der Waals surface area (Å²) in [5.74, 6) is 3.07. The first kappa shape index (κ1) is 23.2. The highest BCUT2D eigenvalue weighted by Crippen LogP contribution is 2.77. The molecule has 0 spiro atoms. The molecule has 6 aliphatic rings. The van der Waals surface area contributed by atoms with Gasteiger partial charge in [0.15, 0.2) is 0 Å². The first-order valence-electron chi connectivity index (χ1n) is 14.8. The molecule has 0 N–H and O–H groups in total. The number of ether oxygens (including phenoxy) is 1. The van der Waals surface area contributed by atoms with E-state index in [0.717, 1.165) is 30.8 Å². The van der Waals surface area contributed by atoms with Crippen LogP contribution >= 0.6 is 0 Å². The van der Waals surface area contributed by atoms with Gasteiger partial charge in [0.1, 0.15) is 0 Å². The zero-order chi connectivity index (χ0) is 24.6. The summed E-state index contributed by atoms with van der Waals surface area (Å²) in [7, 11) is 0. The van der Waals surface area contributed by atoms with Crippen molar-refractivity contribution in [2.75, 3.05) is 6.61 Å². The molecular weight excluding hydrogens is 428 g/mol. The van der Waals surface area contributed by atoms with Gasteiger partial charge in [0.2, 0.25) is 0 Å². The van der Waals surface area contributed by atoms with Crippen LogP contribution in [0.15, 0.2) is 12.4 Å². The summed E-state index contributed by atoms with van der Waals surface area (Å²) in [5.41, 5.74) is 4.62. The molecule has 0 amide bonds. The fourth-order valence-electron chi connectivity index (χ4n) is 12.3. The summed E-state index contributed by atoms with van der Waals surface area (Å²) in [4.78, 5) is 9.83. The molecule has 3 heteroatoms. The zero-order valence-electron chi connectivity index (χ0n) is 23.4. The van der Waals surface area contributed by atoms with E-state index in [2.05, 4.69) is 48.5 Å². The van der Waals surface area contributed by atoms with E-state index in [9.17, 15) is 0 Å². The molecule has 3 nitrogen and oxygen atoms in total. The molecule has 1 aliphatic heterocycles. The van der Waals surface area contributed by atoms with Crippen molar-refractivity contribution in [1.82, 2.24) is 9.97 Å². The maximum absolute atomic E-state index is 6.75. The van der Waals surface area contributed by atoms with Crippen molar-refractivity contribution in [3.05, 3.63) is 23.8 Å². The Balaban J connectivity index is 1.31. The maximum atomic E-state index is 6.75. The Hall–Kier alpha value is -0.960. The van der Waals surface area contributed by atoms with Gasteiger partial charge in [-0.2, -0.15) is 0 Å². The minimum absolute atomic E-state index is 0.104. The van der Waals surface area contributed by atoms with E-state index in [-0.39, 0.29) is 5.41 Å². The maximum Gasteiger partial charge on any atom is 0.0678 e. The van der Waals surface area contributed by atoms with Gasteiger partial charge in [0, 0.05) is 17.8 Å². The molecule has 1 saturated heterocycles.